The van der Waals surface area contributed by atoms with E-state index in [9.17, 15) is 4.79 Å². The molecule has 1 aromatic rings. The Morgan fingerprint density at radius 2 is 2.29 bits per heavy atom. The molecule has 0 bridgehead atoms. The van der Waals surface area contributed by atoms with Gasteiger partial charge in [0, 0.05) is 5.02 Å². The summed E-state index contributed by atoms with van der Waals surface area (Å²) >= 11 is 6.03. The van der Waals surface area contributed by atoms with E-state index < -0.39 is 5.54 Å². The van der Waals surface area contributed by atoms with E-state index in [0.29, 0.717) is 23.1 Å². The Morgan fingerprint density at radius 1 is 1.48 bits per heavy atom. The molecule has 116 valence electrons. The van der Waals surface area contributed by atoms with Crippen LogP contribution in [0.3, 0.4) is 0 Å². The number of amides is 1. The van der Waals surface area contributed by atoms with Crippen LogP contribution in [0.5, 0.6) is 5.75 Å². The van der Waals surface area contributed by atoms with Gasteiger partial charge in [0.05, 0.1) is 17.8 Å². The van der Waals surface area contributed by atoms with Gasteiger partial charge in [-0.05, 0) is 50.9 Å². The fourth-order valence-electron chi connectivity index (χ4n) is 2.88. The molecular weight excluding hydrogens is 288 g/mol. The highest BCUT2D eigenvalue weighted by Gasteiger charge is 2.40. The van der Waals surface area contributed by atoms with Crippen molar-refractivity contribution in [2.45, 2.75) is 45.1 Å². The summed E-state index contributed by atoms with van der Waals surface area (Å²) in [6.45, 7) is 5.45. The zero-order valence-electron chi connectivity index (χ0n) is 12.7. The normalized spacial score (nSPS) is 21.3. The molecule has 1 aliphatic rings. The van der Waals surface area contributed by atoms with Gasteiger partial charge in [-0.2, -0.15) is 0 Å². The first-order valence-corrected chi connectivity index (χ1v) is 7.98. The predicted octanol–water partition coefficient (Wildman–Crippen LogP) is 3.60. The maximum atomic E-state index is 12.7. The van der Waals surface area contributed by atoms with Gasteiger partial charge in [-0.15, -0.1) is 0 Å². The van der Waals surface area contributed by atoms with Gasteiger partial charge in [0.1, 0.15) is 5.75 Å². The Kier molecular flexibility index (Phi) is 5.48. The number of anilines is 1. The minimum Gasteiger partial charge on any atom is -0.492 e. The van der Waals surface area contributed by atoms with Crippen molar-refractivity contribution in [2.75, 3.05) is 18.5 Å². The molecule has 1 fully saturated rings. The van der Waals surface area contributed by atoms with Crippen LogP contribution in [-0.2, 0) is 4.79 Å². The van der Waals surface area contributed by atoms with Crippen molar-refractivity contribution in [3.63, 3.8) is 0 Å². The molecule has 1 unspecified atom stereocenters. The predicted molar refractivity (Wildman–Crippen MR) is 86.1 cm³/mol. The molecule has 0 saturated carbocycles. The van der Waals surface area contributed by atoms with Crippen LogP contribution in [0.2, 0.25) is 5.02 Å². The molecule has 0 spiro atoms. The summed E-state index contributed by atoms with van der Waals surface area (Å²) in [6.07, 6.45) is 3.70. The lowest BCUT2D eigenvalue weighted by Gasteiger charge is -2.28. The molecule has 1 aromatic carbocycles. The van der Waals surface area contributed by atoms with Crippen molar-refractivity contribution in [3.8, 4) is 5.75 Å². The summed E-state index contributed by atoms with van der Waals surface area (Å²) in [4.78, 5) is 12.7. The van der Waals surface area contributed by atoms with Crippen molar-refractivity contribution < 1.29 is 9.53 Å². The van der Waals surface area contributed by atoms with Gasteiger partial charge in [0.25, 0.3) is 0 Å². The zero-order chi connectivity index (χ0) is 15.3. The van der Waals surface area contributed by atoms with Crippen LogP contribution < -0.4 is 15.4 Å². The molecule has 21 heavy (non-hydrogen) atoms. The fourth-order valence-corrected chi connectivity index (χ4v) is 3.05. The van der Waals surface area contributed by atoms with Crippen LogP contribution in [0.15, 0.2) is 18.2 Å². The first-order chi connectivity index (χ1) is 10.1. The smallest absolute Gasteiger partial charge is 0.244 e. The first-order valence-electron chi connectivity index (χ1n) is 7.60. The molecule has 2 N–H and O–H groups in total. The first kappa shape index (κ1) is 16.1. The summed E-state index contributed by atoms with van der Waals surface area (Å²) in [5.41, 5.74) is 0.180. The van der Waals surface area contributed by atoms with E-state index in [4.69, 9.17) is 16.3 Å². The standard InChI is InChI=1S/C16H23ClN2O2/c1-3-8-16(9-5-10-18-16)15(20)19-13-11-12(17)6-7-14(13)21-4-2/h6-7,11,18H,3-5,8-10H2,1-2H3,(H,19,20). The van der Waals surface area contributed by atoms with Gasteiger partial charge < -0.3 is 15.4 Å². The van der Waals surface area contributed by atoms with Crippen LogP contribution in [0.4, 0.5) is 5.69 Å². The molecule has 1 aliphatic heterocycles. The molecule has 4 nitrogen and oxygen atoms in total. The summed E-state index contributed by atoms with van der Waals surface area (Å²) < 4.78 is 5.55. The van der Waals surface area contributed by atoms with Crippen LogP contribution in [0.25, 0.3) is 0 Å². The van der Waals surface area contributed by atoms with E-state index in [1.54, 1.807) is 18.2 Å². The maximum Gasteiger partial charge on any atom is 0.244 e. The van der Waals surface area contributed by atoms with Gasteiger partial charge in [-0.25, -0.2) is 0 Å². The summed E-state index contributed by atoms with van der Waals surface area (Å²) in [6, 6.07) is 5.28. The number of hydrogen-bond acceptors (Lipinski definition) is 3. The second-order valence-corrected chi connectivity index (χ2v) is 5.83. The van der Waals surface area contributed by atoms with Gasteiger partial charge in [0.15, 0.2) is 0 Å². The van der Waals surface area contributed by atoms with E-state index in [1.165, 1.54) is 0 Å². The highest BCUT2D eigenvalue weighted by Crippen LogP contribution is 2.31. The van der Waals surface area contributed by atoms with E-state index in [2.05, 4.69) is 17.6 Å². The van der Waals surface area contributed by atoms with Gasteiger partial charge in [-0.1, -0.05) is 24.9 Å². The lowest BCUT2D eigenvalue weighted by atomic mass is 9.90. The quantitative estimate of drug-likeness (QED) is 0.844. The molecule has 1 amide bonds. The van der Waals surface area contributed by atoms with Crippen molar-refractivity contribution in [1.29, 1.82) is 0 Å². The van der Waals surface area contributed by atoms with E-state index in [1.807, 2.05) is 6.92 Å². The third kappa shape index (κ3) is 3.69. The third-order valence-electron chi connectivity index (χ3n) is 3.84. The van der Waals surface area contributed by atoms with Crippen molar-refractivity contribution in [1.82, 2.24) is 5.32 Å². The number of carbonyl (C=O) groups excluding carboxylic acids is 1. The van der Waals surface area contributed by atoms with Gasteiger partial charge >= 0.3 is 0 Å². The average molecular weight is 311 g/mol. The number of rotatable bonds is 6. The monoisotopic (exact) mass is 310 g/mol. The van der Waals surface area contributed by atoms with Crippen molar-refractivity contribution >= 4 is 23.2 Å². The van der Waals surface area contributed by atoms with Gasteiger partial charge in [0.2, 0.25) is 5.91 Å². The number of nitrogens with one attached hydrogen (secondary N) is 2. The largest absolute Gasteiger partial charge is 0.492 e. The Hall–Kier alpha value is -1.26. The SMILES string of the molecule is CCCC1(C(=O)Nc2cc(Cl)ccc2OCC)CCCN1. The number of ether oxygens (including phenoxy) is 1. The van der Waals surface area contributed by atoms with E-state index >= 15 is 0 Å². The Balaban J connectivity index is 2.20. The van der Waals surface area contributed by atoms with Crippen LogP contribution >= 0.6 is 11.6 Å². The lowest BCUT2D eigenvalue weighted by Crippen LogP contribution is -2.50. The van der Waals surface area contributed by atoms with Crippen LogP contribution in [0.1, 0.15) is 39.5 Å². The molecule has 0 aromatic heterocycles. The third-order valence-corrected chi connectivity index (χ3v) is 4.08. The molecule has 1 atom stereocenters. The molecule has 2 rings (SSSR count). The summed E-state index contributed by atoms with van der Waals surface area (Å²) in [5, 5.41) is 6.95. The topological polar surface area (TPSA) is 50.4 Å². The highest BCUT2D eigenvalue weighted by molar-refractivity contribution is 6.31. The Morgan fingerprint density at radius 3 is 2.90 bits per heavy atom. The maximum absolute atomic E-state index is 12.7. The molecule has 1 saturated heterocycles. The second-order valence-electron chi connectivity index (χ2n) is 5.39. The Bertz CT molecular complexity index is 499. The fraction of sp³-hybridized carbons (Fsp3) is 0.562. The molecule has 5 heteroatoms. The lowest BCUT2D eigenvalue weighted by molar-refractivity contribution is -0.122. The summed E-state index contributed by atoms with van der Waals surface area (Å²) in [7, 11) is 0. The summed E-state index contributed by atoms with van der Waals surface area (Å²) in [5.74, 6) is 0.657. The van der Waals surface area contributed by atoms with Crippen LogP contribution in [-0.4, -0.2) is 24.6 Å². The highest BCUT2D eigenvalue weighted by atomic mass is 35.5. The second kappa shape index (κ2) is 7.14. The minimum atomic E-state index is -0.458. The molecule has 0 aliphatic carbocycles. The number of halogens is 1. The van der Waals surface area contributed by atoms with Gasteiger partial charge in [-0.3, -0.25) is 4.79 Å². The average Bonchev–Trinajstić information content (AvgIpc) is 2.92. The molecule has 1 heterocycles. The number of carbonyl (C=O) groups is 1. The Labute approximate surface area is 131 Å². The van der Waals surface area contributed by atoms with Crippen molar-refractivity contribution in [2.24, 2.45) is 0 Å². The zero-order valence-corrected chi connectivity index (χ0v) is 13.4. The van der Waals surface area contributed by atoms with E-state index in [0.717, 1.165) is 32.2 Å². The van der Waals surface area contributed by atoms with E-state index in [-0.39, 0.29) is 5.91 Å². The number of hydrogen-bond donors (Lipinski definition) is 2. The van der Waals surface area contributed by atoms with Crippen molar-refractivity contribution in [3.05, 3.63) is 23.2 Å². The van der Waals surface area contributed by atoms with Crippen LogP contribution in [0, 0.1) is 0 Å². The molecular formula is C16H23ClN2O2. The number of benzene rings is 1. The minimum absolute atomic E-state index is 0.00469. The molecule has 0 radical (unpaired) electrons.